The quantitative estimate of drug-likeness (QED) is 0.449. The fourth-order valence-corrected chi connectivity index (χ4v) is 1.62. The average Bonchev–Trinajstić information content (AvgIpc) is 2.51. The first-order valence-corrected chi connectivity index (χ1v) is 7.81. The number of amides is 1. The van der Waals surface area contributed by atoms with Gasteiger partial charge in [0.1, 0.15) is 12.2 Å². The van der Waals surface area contributed by atoms with Crippen LogP contribution in [-0.4, -0.2) is 44.0 Å². The zero-order chi connectivity index (χ0) is 17.8. The van der Waals surface area contributed by atoms with E-state index in [1.807, 2.05) is 30.3 Å². The van der Waals surface area contributed by atoms with Crippen LogP contribution in [0.2, 0.25) is 0 Å². The highest BCUT2D eigenvalue weighted by Crippen LogP contribution is 2.06. The molecule has 6 nitrogen and oxygen atoms in total. The number of carbonyl (C=O) groups is 2. The maximum Gasteiger partial charge on any atom is 0.407 e. The fraction of sp³-hybridized carbons (Fsp3) is 0.444. The molecular weight excluding hydrogens is 310 g/mol. The van der Waals surface area contributed by atoms with Crippen molar-refractivity contribution in [2.24, 2.45) is 0 Å². The molecule has 0 aliphatic carbocycles. The van der Waals surface area contributed by atoms with Crippen LogP contribution in [0.4, 0.5) is 4.79 Å². The first-order chi connectivity index (χ1) is 11.4. The Hall–Kier alpha value is -2.34. The van der Waals surface area contributed by atoms with Crippen LogP contribution in [0.25, 0.3) is 6.08 Å². The number of benzene rings is 1. The van der Waals surface area contributed by atoms with Gasteiger partial charge in [-0.2, -0.15) is 0 Å². The van der Waals surface area contributed by atoms with Gasteiger partial charge in [0.25, 0.3) is 0 Å². The molecule has 0 radical (unpaired) electrons. The van der Waals surface area contributed by atoms with Crippen LogP contribution in [0.1, 0.15) is 26.3 Å². The summed E-state index contributed by atoms with van der Waals surface area (Å²) in [5.41, 5.74) is 0.408. The molecule has 0 bridgehead atoms. The molecule has 0 saturated heterocycles. The van der Waals surface area contributed by atoms with E-state index in [0.717, 1.165) is 5.56 Å². The van der Waals surface area contributed by atoms with Crippen LogP contribution in [-0.2, 0) is 19.0 Å². The Morgan fingerprint density at radius 1 is 1.08 bits per heavy atom. The van der Waals surface area contributed by atoms with Gasteiger partial charge in [0.05, 0.1) is 13.2 Å². The molecule has 1 aromatic carbocycles. The van der Waals surface area contributed by atoms with Crippen LogP contribution in [0.15, 0.2) is 36.4 Å². The third kappa shape index (κ3) is 10.4. The Balaban J connectivity index is 2.03. The maximum absolute atomic E-state index is 11.5. The first-order valence-electron chi connectivity index (χ1n) is 7.81. The van der Waals surface area contributed by atoms with E-state index >= 15 is 0 Å². The Morgan fingerprint density at radius 2 is 1.79 bits per heavy atom. The highest BCUT2D eigenvalue weighted by molar-refractivity contribution is 5.87. The van der Waals surface area contributed by atoms with E-state index in [9.17, 15) is 9.59 Å². The van der Waals surface area contributed by atoms with E-state index in [1.54, 1.807) is 26.8 Å². The molecule has 0 atom stereocenters. The van der Waals surface area contributed by atoms with Gasteiger partial charge in [-0.05, 0) is 32.4 Å². The van der Waals surface area contributed by atoms with Crippen molar-refractivity contribution in [1.29, 1.82) is 0 Å². The molecule has 1 N–H and O–H groups in total. The molecule has 0 aromatic heterocycles. The topological polar surface area (TPSA) is 73.9 Å². The van der Waals surface area contributed by atoms with Gasteiger partial charge < -0.3 is 19.5 Å². The first kappa shape index (κ1) is 19.7. The minimum Gasteiger partial charge on any atom is -0.460 e. The fourth-order valence-electron chi connectivity index (χ4n) is 1.62. The van der Waals surface area contributed by atoms with E-state index in [1.165, 1.54) is 6.08 Å². The Labute approximate surface area is 142 Å². The summed E-state index contributed by atoms with van der Waals surface area (Å²) in [5, 5.41) is 2.57. The summed E-state index contributed by atoms with van der Waals surface area (Å²) in [6.45, 7) is 6.45. The summed E-state index contributed by atoms with van der Waals surface area (Å²) in [4.78, 5) is 22.8. The van der Waals surface area contributed by atoms with Crippen molar-refractivity contribution in [3.05, 3.63) is 42.0 Å². The molecule has 0 unspecified atom stereocenters. The lowest BCUT2D eigenvalue weighted by Gasteiger charge is -2.19. The number of alkyl carbamates (subject to hydrolysis) is 1. The standard InChI is InChI=1S/C18H25NO5/c1-18(2,3)24-17(21)19-11-12-22-13-14-23-16(20)10-9-15-7-5-4-6-8-15/h4-10H,11-14H2,1-3H3,(H,19,21). The minimum absolute atomic E-state index is 0.157. The van der Waals surface area contributed by atoms with Crippen molar-refractivity contribution in [2.45, 2.75) is 26.4 Å². The summed E-state index contributed by atoms with van der Waals surface area (Å²) in [7, 11) is 0. The van der Waals surface area contributed by atoms with Gasteiger partial charge >= 0.3 is 12.1 Å². The third-order valence-corrected chi connectivity index (χ3v) is 2.60. The summed E-state index contributed by atoms with van der Waals surface area (Å²) >= 11 is 0. The summed E-state index contributed by atoms with van der Waals surface area (Å²) in [5.74, 6) is -0.422. The molecule has 1 rings (SSSR count). The molecule has 0 saturated carbocycles. The van der Waals surface area contributed by atoms with E-state index in [0.29, 0.717) is 13.2 Å². The molecular formula is C18H25NO5. The zero-order valence-corrected chi connectivity index (χ0v) is 14.4. The van der Waals surface area contributed by atoms with Crippen molar-refractivity contribution < 1.29 is 23.8 Å². The number of nitrogens with one attached hydrogen (secondary N) is 1. The van der Waals surface area contributed by atoms with E-state index in [4.69, 9.17) is 14.2 Å². The zero-order valence-electron chi connectivity index (χ0n) is 14.4. The molecule has 0 fully saturated rings. The smallest absolute Gasteiger partial charge is 0.407 e. The molecule has 0 aliphatic rings. The molecule has 1 aromatic rings. The molecule has 6 heteroatoms. The van der Waals surface area contributed by atoms with E-state index in [2.05, 4.69) is 5.32 Å². The Bertz CT molecular complexity index is 534. The van der Waals surface area contributed by atoms with Gasteiger partial charge in [0.2, 0.25) is 0 Å². The predicted molar refractivity (Wildman–Crippen MR) is 91.5 cm³/mol. The summed E-state index contributed by atoms with van der Waals surface area (Å²) < 4.78 is 15.3. The molecule has 0 spiro atoms. The van der Waals surface area contributed by atoms with Crippen LogP contribution in [0.5, 0.6) is 0 Å². The van der Waals surface area contributed by atoms with Gasteiger partial charge in [-0.3, -0.25) is 0 Å². The van der Waals surface area contributed by atoms with E-state index < -0.39 is 17.7 Å². The van der Waals surface area contributed by atoms with Crippen LogP contribution >= 0.6 is 0 Å². The van der Waals surface area contributed by atoms with Crippen molar-refractivity contribution in [3.63, 3.8) is 0 Å². The van der Waals surface area contributed by atoms with Crippen molar-refractivity contribution in [1.82, 2.24) is 5.32 Å². The summed E-state index contributed by atoms with van der Waals surface area (Å²) in [6.07, 6.45) is 2.58. The van der Waals surface area contributed by atoms with Crippen molar-refractivity contribution in [3.8, 4) is 0 Å². The highest BCUT2D eigenvalue weighted by Gasteiger charge is 2.15. The summed E-state index contributed by atoms with van der Waals surface area (Å²) in [6, 6.07) is 9.48. The largest absolute Gasteiger partial charge is 0.460 e. The van der Waals surface area contributed by atoms with Crippen LogP contribution < -0.4 is 5.32 Å². The number of rotatable bonds is 8. The van der Waals surface area contributed by atoms with E-state index in [-0.39, 0.29) is 13.2 Å². The Morgan fingerprint density at radius 3 is 2.46 bits per heavy atom. The van der Waals surface area contributed by atoms with Gasteiger partial charge in [-0.15, -0.1) is 0 Å². The van der Waals surface area contributed by atoms with Crippen LogP contribution in [0.3, 0.4) is 0 Å². The third-order valence-electron chi connectivity index (χ3n) is 2.60. The highest BCUT2D eigenvalue weighted by atomic mass is 16.6. The maximum atomic E-state index is 11.5. The molecule has 0 heterocycles. The number of hydrogen-bond acceptors (Lipinski definition) is 5. The van der Waals surface area contributed by atoms with Gasteiger partial charge in [-0.25, -0.2) is 9.59 Å². The average molecular weight is 335 g/mol. The number of ether oxygens (including phenoxy) is 3. The molecule has 132 valence electrons. The Kier molecular flexibility index (Phi) is 8.57. The van der Waals surface area contributed by atoms with Crippen molar-refractivity contribution in [2.75, 3.05) is 26.4 Å². The number of esters is 1. The van der Waals surface area contributed by atoms with Crippen molar-refractivity contribution >= 4 is 18.1 Å². The monoisotopic (exact) mass is 335 g/mol. The van der Waals surface area contributed by atoms with Gasteiger partial charge in [-0.1, -0.05) is 30.3 Å². The molecule has 24 heavy (non-hydrogen) atoms. The van der Waals surface area contributed by atoms with Gasteiger partial charge in [0.15, 0.2) is 0 Å². The second kappa shape index (κ2) is 10.4. The normalized spacial score (nSPS) is 11.3. The van der Waals surface area contributed by atoms with Gasteiger partial charge in [0, 0.05) is 12.6 Å². The van der Waals surface area contributed by atoms with Crippen LogP contribution in [0, 0.1) is 0 Å². The lowest BCUT2D eigenvalue weighted by atomic mass is 10.2. The molecule has 0 aliphatic heterocycles. The number of hydrogen-bond donors (Lipinski definition) is 1. The molecule has 1 amide bonds. The predicted octanol–water partition coefficient (Wildman–Crippen LogP) is 2.78. The number of carbonyl (C=O) groups excluding carboxylic acids is 2. The minimum atomic E-state index is -0.521. The lowest BCUT2D eigenvalue weighted by molar-refractivity contribution is -0.139. The second-order valence-electron chi connectivity index (χ2n) is 5.95. The lowest BCUT2D eigenvalue weighted by Crippen LogP contribution is -2.34. The SMILES string of the molecule is CC(C)(C)OC(=O)NCCOCCOC(=O)C=Cc1ccccc1. The second-order valence-corrected chi connectivity index (χ2v) is 5.95.